The third kappa shape index (κ3) is 2.11. The van der Waals surface area contributed by atoms with Crippen molar-refractivity contribution in [3.63, 3.8) is 0 Å². The van der Waals surface area contributed by atoms with Crippen LogP contribution in [0.15, 0.2) is 24.3 Å². The summed E-state index contributed by atoms with van der Waals surface area (Å²) < 4.78 is 18.6. The summed E-state index contributed by atoms with van der Waals surface area (Å²) in [4.78, 5) is 11.7. The van der Waals surface area contributed by atoms with E-state index < -0.39 is 11.8 Å². The normalized spacial score (nSPS) is 9.95. The third-order valence-corrected chi connectivity index (χ3v) is 2.48. The monoisotopic (exact) mass is 260 g/mol. The lowest BCUT2D eigenvalue weighted by Crippen LogP contribution is -2.12. The zero-order valence-electron chi connectivity index (χ0n) is 9.92. The number of hydrogen-bond acceptors (Lipinski definition) is 5. The van der Waals surface area contributed by atoms with Gasteiger partial charge in [-0.3, -0.25) is 0 Å². The maximum absolute atomic E-state index is 12.9. The van der Waals surface area contributed by atoms with Crippen LogP contribution in [-0.4, -0.2) is 22.9 Å². The molecule has 1 aromatic carbocycles. The molecule has 0 aliphatic rings. The summed E-state index contributed by atoms with van der Waals surface area (Å²) in [5.41, 5.74) is 5.85. The second-order valence-electron chi connectivity index (χ2n) is 3.60. The van der Waals surface area contributed by atoms with Crippen LogP contribution in [-0.2, 0) is 4.74 Å². The van der Waals surface area contributed by atoms with E-state index in [9.17, 15) is 9.18 Å². The Balaban J connectivity index is 2.66. The van der Waals surface area contributed by atoms with E-state index in [-0.39, 0.29) is 17.1 Å². The Hall–Kier alpha value is -2.88. The van der Waals surface area contributed by atoms with Gasteiger partial charge in [0.1, 0.15) is 17.6 Å². The average Bonchev–Trinajstić information content (AvgIpc) is 2.75. The Morgan fingerprint density at radius 3 is 2.63 bits per heavy atom. The smallest absolute Gasteiger partial charge is 0.359 e. The number of benzene rings is 1. The standard InChI is InChI=1S/C12H9FN4O2/c1-19-12(18)11-10(15)9(6-14)16-17(11)8-4-2-7(13)3-5-8/h2-5H,15H2,1H3. The number of hydrogen-bond donors (Lipinski definition) is 1. The Labute approximate surface area is 107 Å². The molecule has 0 unspecified atom stereocenters. The first-order chi connectivity index (χ1) is 9.08. The van der Waals surface area contributed by atoms with Crippen molar-refractivity contribution in [2.75, 3.05) is 12.8 Å². The molecule has 0 radical (unpaired) electrons. The molecule has 0 atom stereocenters. The van der Waals surface area contributed by atoms with Gasteiger partial charge >= 0.3 is 5.97 Å². The topological polar surface area (TPSA) is 93.9 Å². The van der Waals surface area contributed by atoms with E-state index in [1.807, 2.05) is 0 Å². The molecule has 2 aromatic rings. The van der Waals surface area contributed by atoms with E-state index in [0.29, 0.717) is 5.69 Å². The molecule has 2 N–H and O–H groups in total. The summed E-state index contributed by atoms with van der Waals surface area (Å²) >= 11 is 0. The number of methoxy groups -OCH3 is 1. The number of aromatic nitrogens is 2. The highest BCUT2D eigenvalue weighted by Gasteiger charge is 2.23. The van der Waals surface area contributed by atoms with Crippen molar-refractivity contribution in [2.45, 2.75) is 0 Å². The molecule has 1 aromatic heterocycles. The minimum absolute atomic E-state index is 0.0642. The lowest BCUT2D eigenvalue weighted by Gasteiger charge is -2.06. The molecule has 0 amide bonds. The van der Waals surface area contributed by atoms with E-state index in [2.05, 4.69) is 9.84 Å². The van der Waals surface area contributed by atoms with Crippen molar-refractivity contribution in [3.8, 4) is 11.8 Å². The number of ether oxygens (including phenoxy) is 1. The molecule has 7 heteroatoms. The maximum atomic E-state index is 12.9. The highest BCUT2D eigenvalue weighted by molar-refractivity contribution is 5.95. The lowest BCUT2D eigenvalue weighted by molar-refractivity contribution is 0.0591. The molecular weight excluding hydrogens is 251 g/mol. The van der Waals surface area contributed by atoms with Gasteiger partial charge in [0.05, 0.1) is 12.8 Å². The van der Waals surface area contributed by atoms with Crippen LogP contribution in [0.3, 0.4) is 0 Å². The number of carbonyl (C=O) groups excluding carboxylic acids is 1. The van der Waals surface area contributed by atoms with E-state index in [0.717, 1.165) is 4.68 Å². The average molecular weight is 260 g/mol. The molecule has 0 aliphatic heterocycles. The second-order valence-corrected chi connectivity index (χ2v) is 3.60. The number of nitriles is 1. The van der Waals surface area contributed by atoms with Crippen LogP contribution >= 0.6 is 0 Å². The zero-order chi connectivity index (χ0) is 14.0. The van der Waals surface area contributed by atoms with Gasteiger partial charge in [-0.15, -0.1) is 0 Å². The van der Waals surface area contributed by atoms with Gasteiger partial charge in [-0.25, -0.2) is 13.9 Å². The predicted octanol–water partition coefficient (Wildman–Crippen LogP) is 1.25. The molecule has 0 bridgehead atoms. The van der Waals surface area contributed by atoms with Gasteiger partial charge < -0.3 is 10.5 Å². The van der Waals surface area contributed by atoms with E-state index in [1.165, 1.54) is 31.4 Å². The summed E-state index contributed by atoms with van der Waals surface area (Å²) in [7, 11) is 1.19. The summed E-state index contributed by atoms with van der Waals surface area (Å²) in [5.74, 6) is -1.15. The van der Waals surface area contributed by atoms with Crippen LogP contribution in [0, 0.1) is 17.1 Å². The summed E-state index contributed by atoms with van der Waals surface area (Å²) in [5, 5.41) is 12.8. The molecule has 1 heterocycles. The fourth-order valence-corrected chi connectivity index (χ4v) is 1.57. The molecule has 0 saturated heterocycles. The van der Waals surface area contributed by atoms with Gasteiger partial charge in [0.15, 0.2) is 11.4 Å². The lowest BCUT2D eigenvalue weighted by atomic mass is 10.2. The van der Waals surface area contributed by atoms with Crippen molar-refractivity contribution < 1.29 is 13.9 Å². The van der Waals surface area contributed by atoms with Crippen molar-refractivity contribution in [1.29, 1.82) is 5.26 Å². The quantitative estimate of drug-likeness (QED) is 0.820. The first-order valence-electron chi connectivity index (χ1n) is 5.21. The highest BCUT2D eigenvalue weighted by atomic mass is 19.1. The summed E-state index contributed by atoms with van der Waals surface area (Å²) in [6.45, 7) is 0. The number of esters is 1. The van der Waals surface area contributed by atoms with Gasteiger partial charge in [0.25, 0.3) is 0 Å². The number of anilines is 1. The molecule has 19 heavy (non-hydrogen) atoms. The fourth-order valence-electron chi connectivity index (χ4n) is 1.57. The van der Waals surface area contributed by atoms with Gasteiger partial charge in [-0.2, -0.15) is 10.4 Å². The van der Waals surface area contributed by atoms with E-state index >= 15 is 0 Å². The fraction of sp³-hybridized carbons (Fsp3) is 0.0833. The van der Waals surface area contributed by atoms with Gasteiger partial charge in [-0.1, -0.05) is 0 Å². The molecule has 0 saturated carbocycles. The second kappa shape index (κ2) is 4.78. The van der Waals surface area contributed by atoms with Crippen LogP contribution in [0.25, 0.3) is 5.69 Å². The van der Waals surface area contributed by atoms with Crippen LogP contribution in [0.2, 0.25) is 0 Å². The van der Waals surface area contributed by atoms with Crippen molar-refractivity contribution in [2.24, 2.45) is 0 Å². The van der Waals surface area contributed by atoms with Crippen LogP contribution < -0.4 is 5.73 Å². The van der Waals surface area contributed by atoms with Gasteiger partial charge in [0, 0.05) is 0 Å². The summed E-state index contributed by atoms with van der Waals surface area (Å²) in [6, 6.07) is 7.02. The number of nitrogen functional groups attached to an aromatic ring is 1. The minimum Gasteiger partial charge on any atom is -0.464 e. The van der Waals surface area contributed by atoms with Crippen LogP contribution in [0.4, 0.5) is 10.1 Å². The highest BCUT2D eigenvalue weighted by Crippen LogP contribution is 2.21. The molecule has 0 spiro atoms. The Morgan fingerprint density at radius 2 is 2.11 bits per heavy atom. The predicted molar refractivity (Wildman–Crippen MR) is 64.0 cm³/mol. The zero-order valence-corrected chi connectivity index (χ0v) is 9.92. The largest absolute Gasteiger partial charge is 0.464 e. The number of rotatable bonds is 2. The summed E-state index contributed by atoms with van der Waals surface area (Å²) in [6.07, 6.45) is 0. The first kappa shape index (κ1) is 12.6. The van der Waals surface area contributed by atoms with Gasteiger partial charge in [0.2, 0.25) is 0 Å². The number of nitrogens with two attached hydrogens (primary N) is 1. The molecular formula is C12H9FN4O2. The first-order valence-corrected chi connectivity index (χ1v) is 5.21. The molecule has 0 fully saturated rings. The minimum atomic E-state index is -0.726. The molecule has 2 rings (SSSR count). The molecule has 6 nitrogen and oxygen atoms in total. The number of nitrogens with zero attached hydrogens (tertiary/aromatic N) is 3. The Morgan fingerprint density at radius 1 is 1.47 bits per heavy atom. The van der Waals surface area contributed by atoms with Crippen molar-refractivity contribution in [3.05, 3.63) is 41.5 Å². The van der Waals surface area contributed by atoms with E-state index in [4.69, 9.17) is 11.0 Å². The van der Waals surface area contributed by atoms with Crippen molar-refractivity contribution in [1.82, 2.24) is 9.78 Å². The maximum Gasteiger partial charge on any atom is 0.359 e. The van der Waals surface area contributed by atoms with E-state index in [1.54, 1.807) is 6.07 Å². The number of halogens is 1. The van der Waals surface area contributed by atoms with Crippen molar-refractivity contribution >= 4 is 11.7 Å². The van der Waals surface area contributed by atoms with Crippen LogP contribution in [0.1, 0.15) is 16.2 Å². The van der Waals surface area contributed by atoms with Gasteiger partial charge in [-0.05, 0) is 24.3 Å². The Kier molecular flexibility index (Phi) is 3.16. The molecule has 96 valence electrons. The van der Waals surface area contributed by atoms with Crippen LogP contribution in [0.5, 0.6) is 0 Å². The molecule has 0 aliphatic carbocycles. The third-order valence-electron chi connectivity index (χ3n) is 2.48. The number of carbonyl (C=O) groups is 1. The Bertz CT molecular complexity index is 670. The SMILES string of the molecule is COC(=O)c1c(N)c(C#N)nn1-c1ccc(F)cc1.